The van der Waals surface area contributed by atoms with Gasteiger partial charge in [0.15, 0.2) is 0 Å². The summed E-state index contributed by atoms with van der Waals surface area (Å²) in [5, 5.41) is 4.48. The Morgan fingerprint density at radius 1 is 0.721 bits per heavy atom. The average molecular weight is 1210 g/mol. The lowest BCUT2D eigenvalue weighted by Crippen LogP contribution is -2.42. The quantitative estimate of drug-likeness (QED) is 0.0711. The highest BCUT2D eigenvalue weighted by Gasteiger charge is 2.43. The number of rotatable bonds is 16. The van der Waals surface area contributed by atoms with Crippen molar-refractivity contribution < 1.29 is 62.6 Å². The molecule has 6 aromatic rings. The van der Waals surface area contributed by atoms with Crippen molar-refractivity contribution in [1.82, 2.24) is 30.2 Å². The van der Waals surface area contributed by atoms with Crippen molar-refractivity contribution in [1.29, 1.82) is 0 Å². The summed E-state index contributed by atoms with van der Waals surface area (Å²) in [6.45, 7) is 0.979. The fourth-order valence-corrected chi connectivity index (χ4v) is 8.10. The lowest BCUT2D eigenvalue weighted by atomic mass is 10.1. The highest BCUT2D eigenvalue weighted by atomic mass is 128. The number of alkyl halides is 3. The van der Waals surface area contributed by atoms with Gasteiger partial charge in [-0.25, -0.2) is 36.8 Å². The van der Waals surface area contributed by atoms with Crippen LogP contribution in [0.25, 0.3) is 44.5 Å². The second-order valence-corrected chi connectivity index (χ2v) is 20.4. The second-order valence-electron chi connectivity index (χ2n) is 15.8. The van der Waals surface area contributed by atoms with Crippen molar-refractivity contribution in [2.75, 3.05) is 50.3 Å². The number of fused-ring (bicyclic) bond motifs is 2. The molecule has 2 saturated heterocycles. The van der Waals surface area contributed by atoms with E-state index in [2.05, 4.69) is 62.5 Å². The van der Waals surface area contributed by atoms with Gasteiger partial charge in [-0.1, -0.05) is 0 Å². The normalized spacial score (nSPS) is 16.6. The minimum absolute atomic E-state index is 0.0626. The predicted molar refractivity (Wildman–Crippen MR) is 264 cm³/mol. The molecule has 368 valence electrons. The molecule has 2 aliphatic rings. The van der Waals surface area contributed by atoms with E-state index in [9.17, 15) is 34.8 Å². The van der Waals surface area contributed by atoms with E-state index < -0.39 is 56.9 Å². The van der Waals surface area contributed by atoms with Gasteiger partial charge < -0.3 is 38.0 Å². The molecule has 2 atom stereocenters. The summed E-state index contributed by atoms with van der Waals surface area (Å²) < 4.78 is 119. The van der Waals surface area contributed by atoms with Gasteiger partial charge in [-0.15, -0.1) is 0 Å². The third kappa shape index (κ3) is 15.9. The molecular weight excluding hydrogens is 1160 g/mol. The van der Waals surface area contributed by atoms with Gasteiger partial charge in [0.05, 0.1) is 59.6 Å². The smallest absolute Gasteiger partial charge is 0.460 e. The van der Waals surface area contributed by atoms with Crippen LogP contribution in [0.2, 0.25) is 0 Å². The van der Waals surface area contributed by atoms with Crippen molar-refractivity contribution in [3.05, 3.63) is 84.8 Å². The lowest BCUT2D eigenvalue weighted by Gasteiger charge is -2.23. The van der Waals surface area contributed by atoms with Gasteiger partial charge >= 0.3 is 12.1 Å². The zero-order valence-corrected chi connectivity index (χ0v) is 42.9. The van der Waals surface area contributed by atoms with E-state index in [4.69, 9.17) is 27.8 Å². The van der Waals surface area contributed by atoms with Gasteiger partial charge in [0.1, 0.15) is 55.4 Å². The summed E-state index contributed by atoms with van der Waals surface area (Å²) in [4.78, 5) is 29.3. The third-order valence-electron chi connectivity index (χ3n) is 10.4. The zero-order chi connectivity index (χ0) is 48.9. The molecule has 1 amide bonds. The molecule has 4 aromatic heterocycles. The van der Waals surface area contributed by atoms with Gasteiger partial charge in [0.25, 0.3) is 0 Å². The second kappa shape index (κ2) is 24.6. The first-order valence-electron chi connectivity index (χ1n) is 21.3. The number of halogens is 5. The Balaban J connectivity index is 0.000000219. The number of amides is 1. The summed E-state index contributed by atoms with van der Waals surface area (Å²) in [5.74, 6) is 0.0189. The maximum absolute atomic E-state index is 13.0. The first kappa shape index (κ1) is 53.1. The number of hydrogen-bond donors (Lipinski definition) is 1. The zero-order valence-electron chi connectivity index (χ0n) is 36.9. The van der Waals surface area contributed by atoms with E-state index in [0.29, 0.717) is 71.0 Å². The van der Waals surface area contributed by atoms with Crippen LogP contribution in [0.4, 0.5) is 13.2 Å². The highest BCUT2D eigenvalue weighted by Crippen LogP contribution is 2.33. The minimum atomic E-state index is -5.15. The van der Waals surface area contributed by atoms with Gasteiger partial charge in [0.2, 0.25) is 24.3 Å². The number of benzene rings is 2. The summed E-state index contributed by atoms with van der Waals surface area (Å²) in [6, 6.07) is 17.7. The number of hydrogen-bond acceptors (Lipinski definition) is 16. The predicted octanol–water partition coefficient (Wildman–Crippen LogP) is 8.43. The number of nitrogens with one attached hydrogen (secondary N) is 1. The number of carbonyl (C=O) groups excluding carboxylic acids is 1. The van der Waals surface area contributed by atoms with Crippen LogP contribution in [-0.2, 0) is 47.0 Å². The minimum Gasteiger partial charge on any atom is -0.460 e. The van der Waals surface area contributed by atoms with Crippen LogP contribution in [0.5, 0.6) is 11.8 Å². The van der Waals surface area contributed by atoms with Gasteiger partial charge in [-0.3, -0.25) is 4.79 Å². The maximum Gasteiger partial charge on any atom is 0.471 e. The Bertz CT molecular complexity index is 2840. The Kier molecular flexibility index (Phi) is 19.2. The van der Waals surface area contributed by atoms with Crippen LogP contribution in [0.1, 0.15) is 50.0 Å². The van der Waals surface area contributed by atoms with Crippen LogP contribution in [0.15, 0.2) is 82.2 Å². The summed E-state index contributed by atoms with van der Waals surface area (Å²) in [6.07, 6.45) is 4.79. The van der Waals surface area contributed by atoms with Gasteiger partial charge in [-0.05, 0) is 86.3 Å². The molecule has 2 aromatic carbocycles. The molecule has 0 saturated carbocycles. The van der Waals surface area contributed by atoms with E-state index in [0.717, 1.165) is 67.0 Å². The van der Waals surface area contributed by atoms with Crippen molar-refractivity contribution >= 4 is 84.6 Å². The average Bonchev–Trinajstić information content (AvgIpc) is 4.00. The molecule has 0 radical (unpaired) electrons. The lowest BCUT2D eigenvalue weighted by molar-refractivity contribution is -0.186. The number of nitrogens with zero attached hydrogens (tertiary/aromatic N) is 5. The summed E-state index contributed by atoms with van der Waals surface area (Å²) in [7, 11) is -6.57. The molecule has 68 heavy (non-hydrogen) atoms. The van der Waals surface area contributed by atoms with E-state index >= 15 is 0 Å². The Labute approximate surface area is 414 Å². The molecule has 24 heteroatoms. The van der Waals surface area contributed by atoms with Crippen LogP contribution in [0.3, 0.4) is 0 Å². The summed E-state index contributed by atoms with van der Waals surface area (Å²) >= 11 is 4.24. The maximum atomic E-state index is 13.0. The van der Waals surface area contributed by atoms with Crippen molar-refractivity contribution in [3.63, 3.8) is 0 Å². The fourth-order valence-electron chi connectivity index (χ4n) is 7.03. The van der Waals surface area contributed by atoms with Crippen molar-refractivity contribution in [2.45, 2.75) is 70.4 Å². The largest absolute Gasteiger partial charge is 0.471 e. The Hall–Kier alpha value is -4.22. The van der Waals surface area contributed by atoms with Crippen LogP contribution in [-0.4, -0.2) is 117 Å². The standard InChI is InChI=1S/C23H24F3N3O6S.C21H25N3O5S.I2/c1-36(31,32)11-9-29(22(30)23(24,25)26)13-16-6-8-19(34-16)15-5-7-18-17(12-15)21(28-14-27-18)35-20-4-2-3-10-33-20;1-30(25,26)11-9-22-13-16-6-8-19(28-16)15-5-7-18-17(12-15)21(24-14-23-18)29-20-4-2-3-10-27-20;1-2/h5-8,12,14,20H,2-4,9-11,13H2,1H3;5-8,12,14,20,22H,2-4,9-11,13H2,1H3;. The van der Waals surface area contributed by atoms with Gasteiger partial charge in [-0.2, -0.15) is 13.2 Å². The molecule has 0 bridgehead atoms. The van der Waals surface area contributed by atoms with Crippen LogP contribution < -0.4 is 14.8 Å². The molecular formula is C44H49F3I2N6O11S2. The topological polar surface area (TPSA) is 215 Å². The van der Waals surface area contributed by atoms with E-state index in [1.165, 1.54) is 25.0 Å². The molecule has 2 aliphatic heterocycles. The van der Waals surface area contributed by atoms with Crippen molar-refractivity contribution in [2.24, 2.45) is 0 Å². The van der Waals surface area contributed by atoms with E-state index in [-0.39, 0.29) is 17.8 Å². The molecule has 1 N–H and O–H groups in total. The molecule has 2 unspecified atom stereocenters. The first-order chi connectivity index (χ1) is 32.5. The van der Waals surface area contributed by atoms with E-state index in [1.807, 2.05) is 30.3 Å². The molecule has 0 aliphatic carbocycles. The molecule has 0 spiro atoms. The van der Waals surface area contributed by atoms with Crippen LogP contribution >= 0.6 is 37.2 Å². The highest BCUT2D eigenvalue weighted by molar-refractivity contribution is 15.0. The number of furan rings is 2. The molecule has 2 fully saturated rings. The number of aromatic nitrogens is 4. The fraction of sp³-hybridized carbons (Fsp3) is 0.432. The van der Waals surface area contributed by atoms with Crippen LogP contribution in [0, 0.1) is 0 Å². The third-order valence-corrected chi connectivity index (χ3v) is 12.3. The number of sulfone groups is 2. The Morgan fingerprint density at radius 3 is 1.69 bits per heavy atom. The SMILES string of the molecule is CS(=O)(=O)CCN(Cc1ccc(-c2ccc3ncnc(OC4CCCCO4)c3c2)o1)C(=O)C(F)(F)F.CS(=O)(=O)CCNCc1ccc(-c2ccc3ncnc(OC4CCCCO4)c3c2)o1.II. The van der Waals surface area contributed by atoms with Crippen molar-refractivity contribution in [3.8, 4) is 34.4 Å². The monoisotopic (exact) mass is 1210 g/mol. The number of carbonyl (C=O) groups is 1. The van der Waals surface area contributed by atoms with Gasteiger partial charge in [0, 0.05) is 86.8 Å². The Morgan fingerprint density at radius 2 is 1.22 bits per heavy atom. The summed E-state index contributed by atoms with van der Waals surface area (Å²) in [5.41, 5.74) is 2.87. The first-order valence-corrected chi connectivity index (χ1v) is 31.7. The molecule has 17 nitrogen and oxygen atoms in total. The number of ether oxygens (including phenoxy) is 4. The molecule has 8 rings (SSSR count). The molecule has 6 heterocycles. The van der Waals surface area contributed by atoms with E-state index in [1.54, 1.807) is 24.3 Å².